The molecular formula is C16H18O4. The highest BCUT2D eigenvalue weighted by Gasteiger charge is 2.46. The summed E-state index contributed by atoms with van der Waals surface area (Å²) in [4.78, 5) is 12.0. The van der Waals surface area contributed by atoms with Crippen molar-refractivity contribution in [3.8, 4) is 0 Å². The van der Waals surface area contributed by atoms with Crippen LogP contribution in [0.3, 0.4) is 0 Å². The molecule has 0 bridgehead atoms. The zero-order valence-corrected chi connectivity index (χ0v) is 12.1. The number of carbonyl (C=O) groups excluding carboxylic acids is 1. The number of methoxy groups -OCH3 is 1. The monoisotopic (exact) mass is 274 g/mol. The van der Waals surface area contributed by atoms with E-state index in [1.54, 1.807) is 27.0 Å². The van der Waals surface area contributed by atoms with Gasteiger partial charge in [0.1, 0.15) is 6.10 Å². The lowest BCUT2D eigenvalue weighted by molar-refractivity contribution is -0.0300. The van der Waals surface area contributed by atoms with Gasteiger partial charge in [0.2, 0.25) is 0 Å². The Kier molecular flexibility index (Phi) is 2.78. The maximum Gasteiger partial charge on any atom is 0.339 e. The van der Waals surface area contributed by atoms with Crippen molar-refractivity contribution in [2.24, 2.45) is 0 Å². The summed E-state index contributed by atoms with van der Waals surface area (Å²) in [5, 5.41) is 10.4. The van der Waals surface area contributed by atoms with Crippen molar-refractivity contribution in [2.75, 3.05) is 7.11 Å². The van der Waals surface area contributed by atoms with E-state index in [1.165, 1.54) is 0 Å². The lowest BCUT2D eigenvalue weighted by atomic mass is 9.79. The highest BCUT2D eigenvalue weighted by molar-refractivity contribution is 5.96. The van der Waals surface area contributed by atoms with Crippen LogP contribution in [-0.4, -0.2) is 29.9 Å². The van der Waals surface area contributed by atoms with E-state index in [-0.39, 0.29) is 5.97 Å². The molecule has 3 rings (SSSR count). The van der Waals surface area contributed by atoms with Gasteiger partial charge in [-0.1, -0.05) is 6.07 Å². The van der Waals surface area contributed by atoms with E-state index in [4.69, 9.17) is 9.47 Å². The van der Waals surface area contributed by atoms with Crippen molar-refractivity contribution >= 4 is 12.0 Å². The number of aliphatic hydroxyl groups is 1. The maximum atomic E-state index is 12.0. The van der Waals surface area contributed by atoms with Crippen LogP contribution in [0.1, 0.15) is 47.0 Å². The first-order valence-electron chi connectivity index (χ1n) is 6.66. The smallest absolute Gasteiger partial charge is 0.339 e. The number of hydrogen-bond acceptors (Lipinski definition) is 4. The molecule has 1 heterocycles. The molecule has 2 aliphatic rings. The summed E-state index contributed by atoms with van der Waals surface area (Å²) in [7, 11) is 1.57. The highest BCUT2D eigenvalue weighted by atomic mass is 16.6. The molecule has 0 saturated heterocycles. The van der Waals surface area contributed by atoms with Gasteiger partial charge in [-0.25, -0.2) is 4.79 Å². The normalized spacial score (nSPS) is 24.2. The average Bonchev–Trinajstić information content (AvgIpc) is 2.69. The summed E-state index contributed by atoms with van der Waals surface area (Å²) in [6, 6.07) is 3.70. The van der Waals surface area contributed by atoms with E-state index < -0.39 is 17.8 Å². The predicted octanol–water partition coefficient (Wildman–Crippen LogP) is 2.39. The third kappa shape index (κ3) is 1.72. The van der Waals surface area contributed by atoms with Gasteiger partial charge in [0.05, 0.1) is 11.2 Å². The first-order valence-corrected chi connectivity index (χ1v) is 6.66. The maximum absolute atomic E-state index is 12.0. The molecule has 2 atom stereocenters. The molecule has 20 heavy (non-hydrogen) atoms. The Labute approximate surface area is 118 Å². The quantitative estimate of drug-likeness (QED) is 0.841. The minimum Gasteiger partial charge on any atom is -0.451 e. The van der Waals surface area contributed by atoms with Gasteiger partial charge in [0, 0.05) is 12.7 Å². The van der Waals surface area contributed by atoms with Gasteiger partial charge in [-0.3, -0.25) is 0 Å². The van der Waals surface area contributed by atoms with E-state index >= 15 is 0 Å². The summed E-state index contributed by atoms with van der Waals surface area (Å²) < 4.78 is 11.0. The number of ether oxygens (including phenoxy) is 2. The molecule has 1 aliphatic heterocycles. The number of esters is 1. The summed E-state index contributed by atoms with van der Waals surface area (Å²) in [6.07, 6.45) is 1.01. The first-order chi connectivity index (χ1) is 9.34. The second-order valence-electron chi connectivity index (χ2n) is 5.90. The summed E-state index contributed by atoms with van der Waals surface area (Å²) in [5.74, 6) is -0.321. The topological polar surface area (TPSA) is 55.8 Å². The molecule has 0 spiro atoms. The van der Waals surface area contributed by atoms with Crippen molar-refractivity contribution in [3.63, 3.8) is 0 Å². The Hall–Kier alpha value is -1.65. The molecule has 106 valence electrons. The molecular weight excluding hydrogens is 256 g/mol. The molecule has 1 N–H and O–H groups in total. The van der Waals surface area contributed by atoms with E-state index in [2.05, 4.69) is 0 Å². The van der Waals surface area contributed by atoms with Crippen LogP contribution in [0.4, 0.5) is 0 Å². The van der Waals surface area contributed by atoms with Gasteiger partial charge in [-0.2, -0.15) is 0 Å². The minimum absolute atomic E-state index is 0.321. The molecule has 1 aromatic carbocycles. The zero-order chi connectivity index (χ0) is 14.7. The Morgan fingerprint density at radius 2 is 2.05 bits per heavy atom. The van der Waals surface area contributed by atoms with Crippen molar-refractivity contribution in [3.05, 3.63) is 40.0 Å². The van der Waals surface area contributed by atoms with Gasteiger partial charge < -0.3 is 14.6 Å². The second-order valence-corrected chi connectivity index (χ2v) is 5.90. The van der Waals surface area contributed by atoms with E-state index in [9.17, 15) is 9.90 Å². The number of aryl methyl sites for hydroxylation is 1. The highest BCUT2D eigenvalue weighted by Crippen LogP contribution is 2.46. The standard InChI is InChI=1S/C16H18O4/c1-8-5-6-9-12-10(8)7-11(16(2,3)18)13(19-4)14(12)20-15(9)17/h5-7,13-14,18H,1-4H3/t13-,14+/m1/s1. The van der Waals surface area contributed by atoms with Crippen LogP contribution < -0.4 is 0 Å². The van der Waals surface area contributed by atoms with Gasteiger partial charge >= 0.3 is 5.97 Å². The van der Waals surface area contributed by atoms with Crippen molar-refractivity contribution in [1.82, 2.24) is 0 Å². The first kappa shape index (κ1) is 13.3. The average molecular weight is 274 g/mol. The lowest BCUT2D eigenvalue weighted by Crippen LogP contribution is -2.37. The molecule has 4 nitrogen and oxygen atoms in total. The van der Waals surface area contributed by atoms with E-state index in [0.717, 1.165) is 22.3 Å². The molecule has 1 aromatic rings. The fourth-order valence-corrected chi connectivity index (χ4v) is 3.05. The van der Waals surface area contributed by atoms with E-state index in [0.29, 0.717) is 5.56 Å². The van der Waals surface area contributed by atoms with Crippen LogP contribution >= 0.6 is 0 Å². The zero-order valence-electron chi connectivity index (χ0n) is 12.1. The van der Waals surface area contributed by atoms with Gasteiger partial charge in [-0.05, 0) is 49.6 Å². The molecule has 0 radical (unpaired) electrons. The van der Waals surface area contributed by atoms with Crippen molar-refractivity contribution in [1.29, 1.82) is 0 Å². The Balaban J connectivity index is 2.28. The van der Waals surface area contributed by atoms with Gasteiger partial charge in [-0.15, -0.1) is 0 Å². The SMILES string of the molecule is CO[C@@H]1C(C(C)(C)O)=Cc2c(C)ccc3c2[C@@H]1OC3=O. The Morgan fingerprint density at radius 3 is 2.65 bits per heavy atom. The number of rotatable bonds is 2. The van der Waals surface area contributed by atoms with Crippen molar-refractivity contribution < 1.29 is 19.4 Å². The third-order valence-corrected chi connectivity index (χ3v) is 4.09. The van der Waals surface area contributed by atoms with Crippen LogP contribution in [-0.2, 0) is 9.47 Å². The van der Waals surface area contributed by atoms with Crippen LogP contribution in [0.5, 0.6) is 0 Å². The lowest BCUT2D eigenvalue weighted by Gasteiger charge is -2.35. The molecule has 4 heteroatoms. The van der Waals surface area contributed by atoms with Gasteiger partial charge in [0.25, 0.3) is 0 Å². The number of carbonyl (C=O) groups is 1. The van der Waals surface area contributed by atoms with Crippen LogP contribution in [0.15, 0.2) is 17.7 Å². The molecule has 0 unspecified atom stereocenters. The molecule has 0 amide bonds. The molecule has 0 aromatic heterocycles. The van der Waals surface area contributed by atoms with Crippen molar-refractivity contribution in [2.45, 2.75) is 38.6 Å². The minimum atomic E-state index is -1.03. The van der Waals surface area contributed by atoms with Crippen LogP contribution in [0.2, 0.25) is 0 Å². The second kappa shape index (κ2) is 4.17. The molecule has 0 fully saturated rings. The third-order valence-electron chi connectivity index (χ3n) is 4.09. The fraction of sp³-hybridized carbons (Fsp3) is 0.438. The molecule has 0 saturated carbocycles. The molecule has 1 aliphatic carbocycles. The number of hydrogen-bond donors (Lipinski definition) is 1. The largest absolute Gasteiger partial charge is 0.451 e. The summed E-state index contributed by atoms with van der Waals surface area (Å²) in [5.41, 5.74) is 3.20. The summed E-state index contributed by atoms with van der Waals surface area (Å²) >= 11 is 0. The Morgan fingerprint density at radius 1 is 1.35 bits per heavy atom. The van der Waals surface area contributed by atoms with E-state index in [1.807, 2.05) is 19.1 Å². The van der Waals surface area contributed by atoms with Crippen LogP contribution in [0.25, 0.3) is 6.08 Å². The van der Waals surface area contributed by atoms with Gasteiger partial charge in [0.15, 0.2) is 6.10 Å². The number of benzene rings is 1. The predicted molar refractivity (Wildman–Crippen MR) is 74.4 cm³/mol. The Bertz CT molecular complexity index is 622. The fourth-order valence-electron chi connectivity index (χ4n) is 3.05. The van der Waals surface area contributed by atoms with Crippen LogP contribution in [0, 0.1) is 6.92 Å². The summed E-state index contributed by atoms with van der Waals surface area (Å²) in [6.45, 7) is 5.42.